The van der Waals surface area contributed by atoms with Gasteiger partial charge in [-0.25, -0.2) is 0 Å². The fourth-order valence-corrected chi connectivity index (χ4v) is 2.74. The lowest BCUT2D eigenvalue weighted by Gasteiger charge is -2.26. The number of hydrogen-bond donors (Lipinski definition) is 1. The predicted octanol–water partition coefficient (Wildman–Crippen LogP) is 1.72. The molecule has 1 heterocycles. The minimum absolute atomic E-state index is 0.0356. The van der Waals surface area contributed by atoms with Gasteiger partial charge in [-0.3, -0.25) is 9.69 Å². The van der Waals surface area contributed by atoms with Crippen LogP contribution < -0.4 is 5.32 Å². The van der Waals surface area contributed by atoms with E-state index >= 15 is 0 Å². The summed E-state index contributed by atoms with van der Waals surface area (Å²) in [5.74, 6) is 0.0356. The monoisotopic (exact) mass is 313 g/mol. The normalized spacial score (nSPS) is 14.9. The average molecular weight is 313 g/mol. The molecular formula is C18H23N3O2. The molecule has 0 radical (unpaired) electrons. The van der Waals surface area contributed by atoms with E-state index in [-0.39, 0.29) is 5.91 Å². The molecule has 0 aliphatic carbocycles. The molecule has 1 N–H and O–H groups in total. The van der Waals surface area contributed by atoms with Gasteiger partial charge in [0.1, 0.15) is 0 Å². The summed E-state index contributed by atoms with van der Waals surface area (Å²) >= 11 is 0. The summed E-state index contributed by atoms with van der Waals surface area (Å²) in [5.41, 5.74) is 4.31. The first kappa shape index (κ1) is 17.2. The maximum Gasteiger partial charge on any atom is 0.234 e. The summed E-state index contributed by atoms with van der Waals surface area (Å²) < 4.78 is 4.92. The molecule has 0 spiro atoms. The number of nitrogens with zero attached hydrogens (tertiary/aromatic N) is 2. The first-order chi connectivity index (χ1) is 11.1. The van der Waals surface area contributed by atoms with Crippen LogP contribution in [0, 0.1) is 18.3 Å². The first-order valence-electron chi connectivity index (χ1n) is 7.82. The van der Waals surface area contributed by atoms with E-state index in [0.717, 1.165) is 25.1 Å². The van der Waals surface area contributed by atoms with Gasteiger partial charge in [-0.15, -0.1) is 0 Å². The smallest absolute Gasteiger partial charge is 0.234 e. The molecule has 0 aromatic heterocycles. The Bertz CT molecular complexity index is 632. The fourth-order valence-electron chi connectivity index (χ4n) is 2.74. The summed E-state index contributed by atoms with van der Waals surface area (Å²) in [6.45, 7) is 5.17. The van der Waals surface area contributed by atoms with Gasteiger partial charge in [-0.05, 0) is 42.2 Å². The topological polar surface area (TPSA) is 65.4 Å². The number of aryl methyl sites for hydroxylation is 1. The highest BCUT2D eigenvalue weighted by Crippen LogP contribution is 2.25. The van der Waals surface area contributed by atoms with E-state index in [1.54, 1.807) is 7.11 Å². The Labute approximate surface area is 137 Å². The zero-order chi connectivity index (χ0) is 16.7. The third kappa shape index (κ3) is 4.92. The predicted molar refractivity (Wildman–Crippen MR) is 89.8 cm³/mol. The number of carbonyl (C=O) groups excluding carboxylic acids is 1. The molecule has 0 saturated heterocycles. The molecule has 1 aromatic carbocycles. The quantitative estimate of drug-likeness (QED) is 0.812. The van der Waals surface area contributed by atoms with Gasteiger partial charge >= 0.3 is 0 Å². The number of nitriles is 1. The lowest BCUT2D eigenvalue weighted by atomic mass is 9.94. The van der Waals surface area contributed by atoms with E-state index in [1.165, 1.54) is 11.1 Å². The van der Waals surface area contributed by atoms with E-state index in [1.807, 2.05) is 25.1 Å². The maximum atomic E-state index is 11.8. The number of benzene rings is 1. The largest absolute Gasteiger partial charge is 0.383 e. The average Bonchev–Trinajstić information content (AvgIpc) is 2.56. The summed E-state index contributed by atoms with van der Waals surface area (Å²) in [4.78, 5) is 13.9. The highest BCUT2D eigenvalue weighted by atomic mass is 16.5. The third-order valence-electron chi connectivity index (χ3n) is 3.99. The maximum absolute atomic E-state index is 11.8. The molecular weight excluding hydrogens is 290 g/mol. The van der Waals surface area contributed by atoms with Gasteiger partial charge in [0.25, 0.3) is 0 Å². The van der Waals surface area contributed by atoms with Crippen LogP contribution >= 0.6 is 0 Å². The Morgan fingerprint density at radius 1 is 1.48 bits per heavy atom. The highest BCUT2D eigenvalue weighted by molar-refractivity contribution is 5.78. The first-order valence-corrected chi connectivity index (χ1v) is 7.82. The molecule has 2 rings (SSSR count). The van der Waals surface area contributed by atoms with Gasteiger partial charge in [0.15, 0.2) is 0 Å². The van der Waals surface area contributed by atoms with Crippen LogP contribution in [0.4, 0.5) is 0 Å². The summed E-state index contributed by atoms with van der Waals surface area (Å²) in [5, 5.41) is 11.8. The number of nitrogens with one attached hydrogen (secondary N) is 1. The van der Waals surface area contributed by atoms with Crippen molar-refractivity contribution in [2.45, 2.75) is 13.3 Å². The van der Waals surface area contributed by atoms with E-state index in [9.17, 15) is 4.79 Å². The second-order valence-electron chi connectivity index (χ2n) is 5.70. The van der Waals surface area contributed by atoms with E-state index < -0.39 is 0 Å². The minimum Gasteiger partial charge on any atom is -0.383 e. The summed E-state index contributed by atoms with van der Waals surface area (Å²) in [7, 11) is 1.62. The Morgan fingerprint density at radius 2 is 2.30 bits per heavy atom. The molecule has 0 saturated carbocycles. The molecule has 1 amide bonds. The number of ether oxygens (including phenoxy) is 1. The second kappa shape index (κ2) is 8.47. The molecule has 1 aliphatic rings. The van der Waals surface area contributed by atoms with Crippen LogP contribution in [0.1, 0.15) is 23.1 Å². The number of carbonyl (C=O) groups is 1. The molecule has 1 aliphatic heterocycles. The van der Waals surface area contributed by atoms with Crippen LogP contribution in [-0.2, 0) is 9.53 Å². The van der Waals surface area contributed by atoms with Gasteiger partial charge in [-0.2, -0.15) is 5.26 Å². The number of hydrogen-bond acceptors (Lipinski definition) is 4. The molecule has 0 unspecified atom stereocenters. The van der Waals surface area contributed by atoms with Gasteiger partial charge in [0.05, 0.1) is 24.8 Å². The minimum atomic E-state index is 0.0356. The van der Waals surface area contributed by atoms with Crippen LogP contribution in [0.25, 0.3) is 5.57 Å². The molecule has 0 bridgehead atoms. The number of rotatable bonds is 6. The van der Waals surface area contributed by atoms with Crippen molar-refractivity contribution in [2.24, 2.45) is 0 Å². The molecule has 122 valence electrons. The Hall–Kier alpha value is -2.16. The van der Waals surface area contributed by atoms with Crippen molar-refractivity contribution in [3.8, 4) is 6.07 Å². The second-order valence-corrected chi connectivity index (χ2v) is 5.70. The molecule has 5 nitrogen and oxygen atoms in total. The van der Waals surface area contributed by atoms with Crippen molar-refractivity contribution >= 4 is 11.5 Å². The summed E-state index contributed by atoms with van der Waals surface area (Å²) in [6.07, 6.45) is 3.10. The molecule has 5 heteroatoms. The van der Waals surface area contributed by atoms with Gasteiger partial charge in [0, 0.05) is 26.7 Å². The van der Waals surface area contributed by atoms with Crippen molar-refractivity contribution in [3.63, 3.8) is 0 Å². The lowest BCUT2D eigenvalue weighted by molar-refractivity contribution is -0.122. The third-order valence-corrected chi connectivity index (χ3v) is 3.99. The number of amides is 1. The Morgan fingerprint density at radius 3 is 2.91 bits per heavy atom. The van der Waals surface area contributed by atoms with Crippen molar-refractivity contribution in [1.29, 1.82) is 5.26 Å². The Kier molecular flexibility index (Phi) is 6.33. The van der Waals surface area contributed by atoms with Crippen LogP contribution in [0.5, 0.6) is 0 Å². The van der Waals surface area contributed by atoms with Gasteiger partial charge in [-0.1, -0.05) is 12.1 Å². The van der Waals surface area contributed by atoms with Crippen molar-refractivity contribution < 1.29 is 9.53 Å². The standard InChI is InChI=1S/C18H23N3O2/c1-14-11-15(12-19)3-4-17(14)16-5-8-21(9-6-16)13-18(22)20-7-10-23-2/h3-5,11H,6-10,13H2,1-2H3,(H,20,22). The Balaban J connectivity index is 1.91. The number of methoxy groups -OCH3 is 1. The van der Waals surface area contributed by atoms with E-state index in [0.29, 0.717) is 25.3 Å². The SMILES string of the molecule is COCCNC(=O)CN1CC=C(c2ccc(C#N)cc2C)CC1. The van der Waals surface area contributed by atoms with Crippen molar-refractivity contribution in [2.75, 3.05) is 39.9 Å². The molecule has 1 aromatic rings. The van der Waals surface area contributed by atoms with E-state index in [4.69, 9.17) is 10.00 Å². The van der Waals surface area contributed by atoms with Crippen LogP contribution in [0.3, 0.4) is 0 Å². The zero-order valence-electron chi connectivity index (χ0n) is 13.8. The molecule has 23 heavy (non-hydrogen) atoms. The lowest BCUT2D eigenvalue weighted by Crippen LogP contribution is -2.40. The van der Waals surface area contributed by atoms with Gasteiger partial charge in [0.2, 0.25) is 5.91 Å². The highest BCUT2D eigenvalue weighted by Gasteiger charge is 2.16. The van der Waals surface area contributed by atoms with Gasteiger partial charge < -0.3 is 10.1 Å². The van der Waals surface area contributed by atoms with Crippen LogP contribution in [0.2, 0.25) is 0 Å². The van der Waals surface area contributed by atoms with E-state index in [2.05, 4.69) is 22.4 Å². The molecule has 0 atom stereocenters. The summed E-state index contributed by atoms with van der Waals surface area (Å²) in [6, 6.07) is 7.97. The van der Waals surface area contributed by atoms with Crippen molar-refractivity contribution in [1.82, 2.24) is 10.2 Å². The van der Waals surface area contributed by atoms with Crippen LogP contribution in [-0.4, -0.2) is 50.7 Å². The van der Waals surface area contributed by atoms with Crippen LogP contribution in [0.15, 0.2) is 24.3 Å². The fraction of sp³-hybridized carbons (Fsp3) is 0.444. The zero-order valence-corrected chi connectivity index (χ0v) is 13.8. The van der Waals surface area contributed by atoms with Crippen molar-refractivity contribution in [3.05, 3.63) is 41.0 Å². The molecule has 0 fully saturated rings.